The number of benzene rings is 1. The second-order valence-electron chi connectivity index (χ2n) is 8.04. The van der Waals surface area contributed by atoms with Gasteiger partial charge in [-0.15, -0.1) is 11.3 Å². The van der Waals surface area contributed by atoms with Crippen LogP contribution in [0.3, 0.4) is 0 Å². The molecule has 1 aliphatic rings. The van der Waals surface area contributed by atoms with Crippen LogP contribution in [0.1, 0.15) is 63.0 Å². The molecule has 0 saturated heterocycles. The van der Waals surface area contributed by atoms with Crippen molar-refractivity contribution in [2.24, 2.45) is 0 Å². The molecule has 35 heavy (non-hydrogen) atoms. The van der Waals surface area contributed by atoms with Crippen molar-refractivity contribution in [3.05, 3.63) is 63.8 Å². The van der Waals surface area contributed by atoms with Crippen LogP contribution in [0.5, 0.6) is 5.75 Å². The van der Waals surface area contributed by atoms with Gasteiger partial charge in [-0.25, -0.2) is 9.48 Å². The van der Waals surface area contributed by atoms with E-state index in [-0.39, 0.29) is 18.2 Å². The molecule has 1 aromatic carbocycles. The molecule has 4 rings (SSSR count). The summed E-state index contributed by atoms with van der Waals surface area (Å²) < 4.78 is 50.6. The van der Waals surface area contributed by atoms with Gasteiger partial charge >= 0.3 is 12.1 Å². The van der Waals surface area contributed by atoms with Crippen LogP contribution in [0.15, 0.2) is 36.5 Å². The SMILES string of the molecule is CCCOC(=O)c1c(NC(=O)c2ccn(COc3cccc(C(F)(F)F)c3)n2)sc2c1CCCC2. The number of carbonyl (C=O) groups excluding carboxylic acids is 2. The Morgan fingerprint density at radius 2 is 2.00 bits per heavy atom. The Labute approximate surface area is 203 Å². The predicted octanol–water partition coefficient (Wildman–Crippen LogP) is 5.70. The number of aromatic nitrogens is 2. The summed E-state index contributed by atoms with van der Waals surface area (Å²) in [5, 5.41) is 7.38. The lowest BCUT2D eigenvalue weighted by atomic mass is 9.95. The van der Waals surface area contributed by atoms with Crippen molar-refractivity contribution in [1.82, 2.24) is 9.78 Å². The quantitative estimate of drug-likeness (QED) is 0.396. The molecule has 11 heteroatoms. The monoisotopic (exact) mass is 507 g/mol. The number of hydrogen-bond acceptors (Lipinski definition) is 6. The number of rotatable bonds is 8. The molecule has 1 aliphatic carbocycles. The van der Waals surface area contributed by atoms with Crippen molar-refractivity contribution in [2.75, 3.05) is 11.9 Å². The summed E-state index contributed by atoms with van der Waals surface area (Å²) in [4.78, 5) is 26.7. The smallest absolute Gasteiger partial charge is 0.416 e. The summed E-state index contributed by atoms with van der Waals surface area (Å²) in [6, 6.07) is 5.98. The first-order valence-corrected chi connectivity index (χ1v) is 12.0. The minimum atomic E-state index is -4.47. The molecule has 0 saturated carbocycles. The fourth-order valence-corrected chi connectivity index (χ4v) is 5.03. The van der Waals surface area contributed by atoms with Gasteiger partial charge in [-0.3, -0.25) is 4.79 Å². The first-order chi connectivity index (χ1) is 16.8. The molecule has 0 bridgehead atoms. The van der Waals surface area contributed by atoms with E-state index in [1.807, 2.05) is 6.92 Å². The molecule has 0 unspecified atom stereocenters. The third-order valence-corrected chi connectivity index (χ3v) is 6.65. The normalized spacial score (nSPS) is 13.3. The van der Waals surface area contributed by atoms with Crippen LogP contribution in [0.2, 0.25) is 0 Å². The van der Waals surface area contributed by atoms with Gasteiger partial charge in [0.25, 0.3) is 5.91 Å². The highest BCUT2D eigenvalue weighted by Crippen LogP contribution is 2.39. The number of alkyl halides is 3. The fourth-order valence-electron chi connectivity index (χ4n) is 3.76. The maximum Gasteiger partial charge on any atom is 0.416 e. The number of nitrogens with one attached hydrogen (secondary N) is 1. The Kier molecular flexibility index (Phi) is 7.44. The number of esters is 1. The number of thiophene rings is 1. The maximum atomic E-state index is 12.9. The first-order valence-electron chi connectivity index (χ1n) is 11.2. The van der Waals surface area contributed by atoms with E-state index in [2.05, 4.69) is 10.4 Å². The number of ether oxygens (including phenoxy) is 2. The van der Waals surface area contributed by atoms with Crippen LogP contribution in [-0.2, 0) is 30.5 Å². The fraction of sp³-hybridized carbons (Fsp3) is 0.375. The van der Waals surface area contributed by atoms with E-state index in [0.717, 1.165) is 48.3 Å². The van der Waals surface area contributed by atoms with Crippen LogP contribution in [0.25, 0.3) is 0 Å². The molecule has 7 nitrogen and oxygen atoms in total. The molecule has 0 aliphatic heterocycles. The lowest BCUT2D eigenvalue weighted by molar-refractivity contribution is -0.137. The van der Waals surface area contributed by atoms with Gasteiger partial charge in [0.15, 0.2) is 12.4 Å². The van der Waals surface area contributed by atoms with E-state index in [4.69, 9.17) is 9.47 Å². The zero-order chi connectivity index (χ0) is 25.0. The van der Waals surface area contributed by atoms with Crippen LogP contribution in [-0.4, -0.2) is 28.3 Å². The summed E-state index contributed by atoms with van der Waals surface area (Å²) in [6.07, 6.45) is 1.32. The first kappa shape index (κ1) is 24.8. The van der Waals surface area contributed by atoms with Crippen LogP contribution < -0.4 is 10.1 Å². The highest BCUT2D eigenvalue weighted by atomic mass is 32.1. The molecule has 0 radical (unpaired) electrons. The number of anilines is 1. The standard InChI is InChI=1S/C24H24F3N3O4S/c1-2-12-33-23(32)20-17-8-3-4-9-19(17)35-22(20)28-21(31)18-10-11-30(29-18)14-34-16-7-5-6-15(13-16)24(25,26)27/h5-7,10-11,13H,2-4,8-9,12,14H2,1H3,(H,28,31). The molecule has 0 spiro atoms. The Hall–Kier alpha value is -3.34. The minimum absolute atomic E-state index is 0.0285. The second-order valence-corrected chi connectivity index (χ2v) is 9.15. The van der Waals surface area contributed by atoms with Gasteiger partial charge in [-0.1, -0.05) is 13.0 Å². The van der Waals surface area contributed by atoms with Crippen molar-refractivity contribution in [3.63, 3.8) is 0 Å². The van der Waals surface area contributed by atoms with Gasteiger partial charge in [-0.2, -0.15) is 18.3 Å². The van der Waals surface area contributed by atoms with Crippen LogP contribution in [0, 0.1) is 0 Å². The number of hydrogen-bond donors (Lipinski definition) is 1. The minimum Gasteiger partial charge on any atom is -0.471 e. The largest absolute Gasteiger partial charge is 0.471 e. The van der Waals surface area contributed by atoms with Gasteiger partial charge in [0, 0.05) is 11.1 Å². The predicted molar refractivity (Wildman–Crippen MR) is 124 cm³/mol. The van der Waals surface area contributed by atoms with Crippen molar-refractivity contribution in [1.29, 1.82) is 0 Å². The Morgan fingerprint density at radius 3 is 2.77 bits per heavy atom. The zero-order valence-electron chi connectivity index (χ0n) is 19.0. The third kappa shape index (κ3) is 5.84. The van der Waals surface area contributed by atoms with Gasteiger partial charge in [0.2, 0.25) is 0 Å². The number of fused-ring (bicyclic) bond motifs is 1. The Morgan fingerprint density at radius 1 is 1.20 bits per heavy atom. The molecule has 2 aromatic heterocycles. The van der Waals surface area contributed by atoms with Crippen LogP contribution >= 0.6 is 11.3 Å². The van der Waals surface area contributed by atoms with Crippen molar-refractivity contribution in [3.8, 4) is 5.75 Å². The Bertz CT molecular complexity index is 1220. The van der Waals surface area contributed by atoms with E-state index in [9.17, 15) is 22.8 Å². The van der Waals surface area contributed by atoms with Crippen molar-refractivity contribution >= 4 is 28.2 Å². The van der Waals surface area contributed by atoms with E-state index < -0.39 is 23.6 Å². The number of aryl methyl sites for hydroxylation is 1. The molecule has 2 heterocycles. The summed E-state index contributed by atoms with van der Waals surface area (Å²) >= 11 is 1.38. The van der Waals surface area contributed by atoms with Gasteiger partial charge < -0.3 is 14.8 Å². The second kappa shape index (κ2) is 10.5. The highest BCUT2D eigenvalue weighted by molar-refractivity contribution is 7.17. The van der Waals surface area contributed by atoms with Crippen molar-refractivity contribution < 1.29 is 32.2 Å². The average molecular weight is 508 g/mol. The molecular formula is C24H24F3N3O4S. The number of amides is 1. The molecular weight excluding hydrogens is 483 g/mol. The number of halogens is 3. The van der Waals surface area contributed by atoms with E-state index in [0.29, 0.717) is 23.6 Å². The molecule has 0 atom stereocenters. The van der Waals surface area contributed by atoms with Gasteiger partial charge in [-0.05, 0) is 61.9 Å². The molecule has 186 valence electrons. The summed E-state index contributed by atoms with van der Waals surface area (Å²) in [7, 11) is 0. The number of nitrogens with zero attached hydrogens (tertiary/aromatic N) is 2. The third-order valence-electron chi connectivity index (χ3n) is 5.44. The van der Waals surface area contributed by atoms with Crippen molar-refractivity contribution in [2.45, 2.75) is 51.9 Å². The topological polar surface area (TPSA) is 82.5 Å². The summed E-state index contributed by atoms with van der Waals surface area (Å²) in [5.41, 5.74) is 0.621. The number of carbonyl (C=O) groups is 2. The molecule has 0 fully saturated rings. The Balaban J connectivity index is 1.45. The molecule has 1 N–H and O–H groups in total. The maximum absolute atomic E-state index is 12.9. The van der Waals surface area contributed by atoms with E-state index >= 15 is 0 Å². The summed E-state index contributed by atoms with van der Waals surface area (Å²) in [6.45, 7) is 2.02. The lowest BCUT2D eigenvalue weighted by Crippen LogP contribution is -2.17. The molecule has 3 aromatic rings. The van der Waals surface area contributed by atoms with E-state index in [1.165, 1.54) is 40.4 Å². The summed E-state index contributed by atoms with van der Waals surface area (Å²) in [5.74, 6) is -0.923. The molecule has 1 amide bonds. The van der Waals surface area contributed by atoms with E-state index in [1.54, 1.807) is 0 Å². The highest BCUT2D eigenvalue weighted by Gasteiger charge is 2.31. The average Bonchev–Trinajstić information content (AvgIpc) is 3.45. The zero-order valence-corrected chi connectivity index (χ0v) is 19.8. The van der Waals surface area contributed by atoms with Gasteiger partial charge in [0.05, 0.1) is 17.7 Å². The van der Waals surface area contributed by atoms with Crippen LogP contribution in [0.4, 0.5) is 18.2 Å². The lowest BCUT2D eigenvalue weighted by Gasteiger charge is -2.12. The van der Waals surface area contributed by atoms with Gasteiger partial charge in [0.1, 0.15) is 10.8 Å².